The van der Waals surface area contributed by atoms with Gasteiger partial charge in [0.2, 0.25) is 0 Å². The number of fused-ring (bicyclic) bond motifs is 1. The van der Waals surface area contributed by atoms with Crippen molar-refractivity contribution in [2.24, 2.45) is 0 Å². The Morgan fingerprint density at radius 2 is 1.78 bits per heavy atom. The standard InChI is InChI=1S/C23H21N3O5S/c1-15-22(27)25-20-14-17(11-12-21(20)31-15)24-23(28)16-7-6-10-19(13-16)32(29,30)26(2)18-8-4-3-5-9-18/h3-15H,1-2H3,(H,24,28)(H,25,27)/t15-/m1/s1. The van der Waals surface area contributed by atoms with Gasteiger partial charge in [0.05, 0.1) is 16.3 Å². The van der Waals surface area contributed by atoms with Gasteiger partial charge in [-0.2, -0.15) is 0 Å². The summed E-state index contributed by atoms with van der Waals surface area (Å²) < 4.78 is 32.7. The van der Waals surface area contributed by atoms with Crippen LogP contribution in [0.3, 0.4) is 0 Å². The van der Waals surface area contributed by atoms with Gasteiger partial charge in [0.25, 0.3) is 21.8 Å². The summed E-state index contributed by atoms with van der Waals surface area (Å²) in [6.07, 6.45) is -0.596. The number of ether oxygens (including phenoxy) is 1. The Morgan fingerprint density at radius 1 is 1.03 bits per heavy atom. The van der Waals surface area contributed by atoms with E-state index in [-0.39, 0.29) is 16.4 Å². The maximum atomic E-state index is 13.0. The van der Waals surface area contributed by atoms with Gasteiger partial charge in [-0.1, -0.05) is 24.3 Å². The van der Waals surface area contributed by atoms with Gasteiger partial charge in [0.1, 0.15) is 5.75 Å². The van der Waals surface area contributed by atoms with Gasteiger partial charge in [0.15, 0.2) is 6.10 Å². The first kappa shape index (κ1) is 21.4. The fourth-order valence-electron chi connectivity index (χ4n) is 3.22. The van der Waals surface area contributed by atoms with E-state index in [1.54, 1.807) is 55.5 Å². The quantitative estimate of drug-likeness (QED) is 0.618. The first-order valence-corrected chi connectivity index (χ1v) is 11.3. The van der Waals surface area contributed by atoms with Crippen molar-refractivity contribution in [2.75, 3.05) is 22.0 Å². The summed E-state index contributed by atoms with van der Waals surface area (Å²) in [5.74, 6) is -0.255. The van der Waals surface area contributed by atoms with E-state index in [1.165, 1.54) is 31.3 Å². The van der Waals surface area contributed by atoms with Crippen LogP contribution in [0.2, 0.25) is 0 Å². The lowest BCUT2D eigenvalue weighted by Gasteiger charge is -2.23. The Hall–Kier alpha value is -3.85. The number of nitrogens with one attached hydrogen (secondary N) is 2. The minimum absolute atomic E-state index is 0.00315. The number of anilines is 3. The molecule has 0 bridgehead atoms. The van der Waals surface area contributed by atoms with Crippen molar-refractivity contribution in [1.29, 1.82) is 0 Å². The van der Waals surface area contributed by atoms with Crippen molar-refractivity contribution in [2.45, 2.75) is 17.9 Å². The molecule has 0 saturated carbocycles. The van der Waals surface area contributed by atoms with Gasteiger partial charge in [-0.15, -0.1) is 0 Å². The zero-order chi connectivity index (χ0) is 22.9. The third kappa shape index (κ3) is 4.15. The number of carbonyl (C=O) groups is 2. The molecule has 0 saturated heterocycles. The second kappa shape index (κ2) is 8.35. The number of amides is 2. The van der Waals surface area contributed by atoms with E-state index in [9.17, 15) is 18.0 Å². The smallest absolute Gasteiger partial charge is 0.265 e. The summed E-state index contributed by atoms with van der Waals surface area (Å²) in [6, 6.07) is 19.4. The van der Waals surface area contributed by atoms with E-state index in [1.807, 2.05) is 0 Å². The van der Waals surface area contributed by atoms with E-state index >= 15 is 0 Å². The normalized spacial score (nSPS) is 15.2. The first-order chi connectivity index (χ1) is 15.3. The molecule has 0 radical (unpaired) electrons. The number of para-hydroxylation sites is 1. The number of sulfonamides is 1. The maximum absolute atomic E-state index is 13.0. The van der Waals surface area contributed by atoms with Crippen LogP contribution in [0.1, 0.15) is 17.3 Å². The molecular formula is C23H21N3O5S. The second-order valence-corrected chi connectivity index (χ2v) is 9.22. The molecule has 0 aliphatic carbocycles. The molecule has 8 nitrogen and oxygen atoms in total. The highest BCUT2D eigenvalue weighted by atomic mass is 32.2. The number of carbonyl (C=O) groups excluding carboxylic acids is 2. The van der Waals surface area contributed by atoms with E-state index in [2.05, 4.69) is 10.6 Å². The highest BCUT2D eigenvalue weighted by Crippen LogP contribution is 2.32. The Kier molecular flexibility index (Phi) is 5.58. The Labute approximate surface area is 185 Å². The van der Waals surface area contributed by atoms with Crippen LogP contribution in [0.4, 0.5) is 17.1 Å². The molecule has 1 atom stereocenters. The average Bonchev–Trinajstić information content (AvgIpc) is 2.80. The summed E-state index contributed by atoms with van der Waals surface area (Å²) in [5, 5.41) is 5.44. The van der Waals surface area contributed by atoms with E-state index in [4.69, 9.17) is 4.74 Å². The molecule has 9 heteroatoms. The van der Waals surface area contributed by atoms with Crippen molar-refractivity contribution < 1.29 is 22.7 Å². The number of benzene rings is 3. The van der Waals surface area contributed by atoms with Crippen molar-refractivity contribution in [3.8, 4) is 5.75 Å². The van der Waals surface area contributed by atoms with Crippen LogP contribution in [-0.4, -0.2) is 33.4 Å². The SMILES string of the molecule is C[C@H]1Oc2ccc(NC(=O)c3cccc(S(=O)(=O)N(C)c4ccccc4)c3)cc2NC1=O. The van der Waals surface area contributed by atoms with Gasteiger partial charge in [-0.25, -0.2) is 8.42 Å². The Balaban J connectivity index is 1.55. The summed E-state index contributed by atoms with van der Waals surface area (Å²) in [5.41, 5.74) is 1.57. The Morgan fingerprint density at radius 3 is 2.53 bits per heavy atom. The highest BCUT2D eigenvalue weighted by Gasteiger charge is 2.25. The number of hydrogen-bond acceptors (Lipinski definition) is 5. The zero-order valence-electron chi connectivity index (χ0n) is 17.4. The molecule has 2 amide bonds. The summed E-state index contributed by atoms with van der Waals surface area (Å²) in [7, 11) is -2.39. The largest absolute Gasteiger partial charge is 0.479 e. The zero-order valence-corrected chi connectivity index (χ0v) is 18.2. The van der Waals surface area contributed by atoms with E-state index < -0.39 is 22.0 Å². The van der Waals surface area contributed by atoms with Crippen LogP contribution in [0.25, 0.3) is 0 Å². The van der Waals surface area contributed by atoms with Gasteiger partial charge < -0.3 is 15.4 Å². The molecule has 3 aromatic carbocycles. The van der Waals surface area contributed by atoms with Crippen molar-refractivity contribution in [1.82, 2.24) is 0 Å². The third-order valence-corrected chi connectivity index (χ3v) is 6.82. The molecule has 3 aromatic rings. The monoisotopic (exact) mass is 451 g/mol. The summed E-state index contributed by atoms with van der Waals surface area (Å²) in [4.78, 5) is 24.6. The minimum atomic E-state index is -3.86. The lowest BCUT2D eigenvalue weighted by Crippen LogP contribution is -2.34. The average molecular weight is 452 g/mol. The molecule has 0 spiro atoms. The highest BCUT2D eigenvalue weighted by molar-refractivity contribution is 7.92. The summed E-state index contributed by atoms with van der Waals surface area (Å²) in [6.45, 7) is 1.64. The number of rotatable bonds is 5. The molecule has 4 rings (SSSR count). The van der Waals surface area contributed by atoms with E-state index in [0.29, 0.717) is 22.8 Å². The molecule has 1 aliphatic heterocycles. The van der Waals surface area contributed by atoms with Gasteiger partial charge >= 0.3 is 0 Å². The predicted octanol–water partition coefficient (Wildman–Crippen LogP) is 3.48. The van der Waals surface area contributed by atoms with Gasteiger partial charge in [-0.3, -0.25) is 13.9 Å². The van der Waals surface area contributed by atoms with Crippen molar-refractivity contribution >= 4 is 38.9 Å². The molecular weight excluding hydrogens is 430 g/mol. The second-order valence-electron chi connectivity index (χ2n) is 7.25. The molecule has 0 unspecified atom stereocenters. The van der Waals surface area contributed by atoms with E-state index in [0.717, 1.165) is 4.31 Å². The molecule has 32 heavy (non-hydrogen) atoms. The summed E-state index contributed by atoms with van der Waals surface area (Å²) >= 11 is 0. The molecule has 2 N–H and O–H groups in total. The lowest BCUT2D eigenvalue weighted by atomic mass is 10.2. The first-order valence-electron chi connectivity index (χ1n) is 9.83. The maximum Gasteiger partial charge on any atom is 0.265 e. The fourth-order valence-corrected chi connectivity index (χ4v) is 4.46. The van der Waals surface area contributed by atoms with Crippen LogP contribution in [0, 0.1) is 0 Å². The minimum Gasteiger partial charge on any atom is -0.479 e. The third-order valence-electron chi connectivity index (χ3n) is 5.04. The van der Waals surface area contributed by atoms with Crippen LogP contribution in [-0.2, 0) is 14.8 Å². The Bertz CT molecular complexity index is 1290. The molecule has 1 aliphatic rings. The predicted molar refractivity (Wildman–Crippen MR) is 122 cm³/mol. The van der Waals surface area contributed by atoms with Crippen molar-refractivity contribution in [3.05, 3.63) is 78.4 Å². The number of nitrogens with zero attached hydrogens (tertiary/aromatic N) is 1. The fraction of sp³-hybridized carbons (Fsp3) is 0.130. The van der Waals surface area contributed by atoms with Gasteiger partial charge in [-0.05, 0) is 55.5 Å². The topological polar surface area (TPSA) is 105 Å². The van der Waals surface area contributed by atoms with Crippen LogP contribution >= 0.6 is 0 Å². The van der Waals surface area contributed by atoms with Crippen LogP contribution < -0.4 is 19.7 Å². The van der Waals surface area contributed by atoms with Crippen LogP contribution in [0.5, 0.6) is 5.75 Å². The van der Waals surface area contributed by atoms with Gasteiger partial charge in [0, 0.05) is 18.3 Å². The molecule has 164 valence electrons. The molecule has 0 fully saturated rings. The lowest BCUT2D eigenvalue weighted by molar-refractivity contribution is -0.122. The van der Waals surface area contributed by atoms with Crippen molar-refractivity contribution in [3.63, 3.8) is 0 Å². The number of hydrogen-bond donors (Lipinski definition) is 2. The van der Waals surface area contributed by atoms with Crippen LogP contribution in [0.15, 0.2) is 77.7 Å². The molecule has 1 heterocycles. The molecule has 0 aromatic heterocycles.